The molecule has 0 unspecified atom stereocenters. The van der Waals surface area contributed by atoms with Crippen LogP contribution in [0.2, 0.25) is 5.02 Å². The first-order valence-electron chi connectivity index (χ1n) is 8.51. The quantitative estimate of drug-likeness (QED) is 0.623. The van der Waals surface area contributed by atoms with E-state index in [9.17, 15) is 4.79 Å². The van der Waals surface area contributed by atoms with Crippen LogP contribution in [0.25, 0.3) is 11.1 Å². The molecule has 0 spiro atoms. The summed E-state index contributed by atoms with van der Waals surface area (Å²) in [6.07, 6.45) is 2.27. The number of fused-ring (bicyclic) bond motifs is 1. The van der Waals surface area contributed by atoms with Gasteiger partial charge in [0.1, 0.15) is 17.9 Å². The zero-order valence-corrected chi connectivity index (χ0v) is 14.8. The van der Waals surface area contributed by atoms with Gasteiger partial charge in [0.25, 0.3) is 0 Å². The van der Waals surface area contributed by atoms with Crippen molar-refractivity contribution in [2.45, 2.75) is 18.8 Å². The van der Waals surface area contributed by atoms with E-state index in [0.29, 0.717) is 35.5 Å². The van der Waals surface area contributed by atoms with Crippen LogP contribution in [0.3, 0.4) is 0 Å². The number of benzene rings is 2. The molecule has 1 aromatic heterocycles. The normalized spacial score (nSPS) is 13.6. The predicted octanol–water partition coefficient (Wildman–Crippen LogP) is 4.56. The van der Waals surface area contributed by atoms with Gasteiger partial charge in [-0.1, -0.05) is 11.6 Å². The van der Waals surface area contributed by atoms with Crippen molar-refractivity contribution in [3.8, 4) is 5.75 Å². The molecule has 2 aromatic carbocycles. The number of halogens is 1. The first-order valence-corrected chi connectivity index (χ1v) is 8.89. The van der Waals surface area contributed by atoms with Gasteiger partial charge in [-0.2, -0.15) is 0 Å². The molecule has 26 heavy (non-hydrogen) atoms. The molecule has 2 N–H and O–H groups in total. The van der Waals surface area contributed by atoms with Crippen molar-refractivity contribution in [1.29, 1.82) is 0 Å². The Morgan fingerprint density at radius 1 is 1.23 bits per heavy atom. The lowest BCUT2D eigenvalue weighted by molar-refractivity contribution is 0.247. The number of carbonyl (C=O) groups excluding carboxylic acids is 1. The van der Waals surface area contributed by atoms with Crippen LogP contribution in [-0.4, -0.2) is 24.2 Å². The molecule has 134 valence electrons. The van der Waals surface area contributed by atoms with Crippen molar-refractivity contribution in [2.75, 3.05) is 18.5 Å². The molecule has 0 radical (unpaired) electrons. The molecule has 1 heterocycles. The molecular formula is C19H18ClN3O3. The monoisotopic (exact) mass is 371 g/mol. The number of amides is 2. The van der Waals surface area contributed by atoms with E-state index in [2.05, 4.69) is 15.6 Å². The van der Waals surface area contributed by atoms with Crippen molar-refractivity contribution >= 4 is 34.4 Å². The maximum absolute atomic E-state index is 12.0. The van der Waals surface area contributed by atoms with Crippen LogP contribution in [0.4, 0.5) is 10.5 Å². The number of hydrogen-bond acceptors (Lipinski definition) is 4. The fourth-order valence-corrected chi connectivity index (χ4v) is 2.69. The van der Waals surface area contributed by atoms with E-state index in [1.165, 1.54) is 0 Å². The fourth-order valence-electron chi connectivity index (χ4n) is 2.57. The molecule has 7 heteroatoms. The van der Waals surface area contributed by atoms with E-state index < -0.39 is 0 Å². The summed E-state index contributed by atoms with van der Waals surface area (Å²) in [5.41, 5.74) is 2.18. The van der Waals surface area contributed by atoms with Gasteiger partial charge in [0, 0.05) is 16.6 Å². The van der Waals surface area contributed by atoms with Crippen LogP contribution in [0.15, 0.2) is 46.9 Å². The molecule has 6 nitrogen and oxygen atoms in total. The summed E-state index contributed by atoms with van der Waals surface area (Å²) in [6, 6.07) is 12.2. The third-order valence-electron chi connectivity index (χ3n) is 4.06. The number of ether oxygens (including phenoxy) is 1. The lowest BCUT2D eigenvalue weighted by Crippen LogP contribution is -2.32. The van der Waals surface area contributed by atoms with Gasteiger partial charge in [-0.25, -0.2) is 9.78 Å². The van der Waals surface area contributed by atoms with E-state index in [4.69, 9.17) is 20.8 Å². The fraction of sp³-hybridized carbons (Fsp3) is 0.263. The zero-order valence-electron chi connectivity index (χ0n) is 14.0. The second-order valence-corrected chi connectivity index (χ2v) is 6.63. The van der Waals surface area contributed by atoms with Crippen molar-refractivity contribution in [1.82, 2.24) is 10.3 Å². The smallest absolute Gasteiger partial charge is 0.319 e. The van der Waals surface area contributed by atoms with Gasteiger partial charge in [0.2, 0.25) is 0 Å². The zero-order chi connectivity index (χ0) is 17.9. The van der Waals surface area contributed by atoms with Gasteiger partial charge in [-0.05, 0) is 55.3 Å². The van der Waals surface area contributed by atoms with E-state index in [-0.39, 0.29) is 6.03 Å². The Hall–Kier alpha value is -2.73. The first-order chi connectivity index (χ1) is 12.7. The molecule has 1 aliphatic carbocycles. The minimum Gasteiger partial charge on any atom is -0.492 e. The summed E-state index contributed by atoms with van der Waals surface area (Å²) < 4.78 is 11.2. The van der Waals surface area contributed by atoms with Gasteiger partial charge in [-0.3, -0.25) is 0 Å². The molecule has 1 aliphatic rings. The van der Waals surface area contributed by atoms with E-state index >= 15 is 0 Å². The molecule has 4 rings (SSSR count). The summed E-state index contributed by atoms with van der Waals surface area (Å²) in [5, 5.41) is 6.19. The largest absolute Gasteiger partial charge is 0.492 e. The standard InChI is InChI=1S/C19H18ClN3O3/c20-13-3-6-15(7-4-13)25-10-9-21-19(24)22-14-5-8-17-16(11-14)23-18(26-17)12-1-2-12/h3-8,11-12H,1-2,9-10H2,(H2,21,22,24). The average molecular weight is 372 g/mol. The van der Waals surface area contributed by atoms with Crippen LogP contribution < -0.4 is 15.4 Å². The second-order valence-electron chi connectivity index (χ2n) is 6.19. The van der Waals surface area contributed by atoms with Gasteiger partial charge < -0.3 is 19.8 Å². The molecular weight excluding hydrogens is 354 g/mol. The Morgan fingerprint density at radius 2 is 2.04 bits per heavy atom. The molecule has 0 aliphatic heterocycles. The van der Waals surface area contributed by atoms with E-state index in [0.717, 1.165) is 29.8 Å². The van der Waals surface area contributed by atoms with Crippen LogP contribution in [0.1, 0.15) is 24.7 Å². The Morgan fingerprint density at radius 3 is 2.81 bits per heavy atom. The summed E-state index contributed by atoms with van der Waals surface area (Å²) in [7, 11) is 0. The molecule has 0 saturated heterocycles. The number of nitrogens with zero attached hydrogens (tertiary/aromatic N) is 1. The Labute approximate surface area is 155 Å². The highest BCUT2D eigenvalue weighted by Crippen LogP contribution is 2.40. The van der Waals surface area contributed by atoms with Crippen molar-refractivity contribution in [3.05, 3.63) is 53.4 Å². The average Bonchev–Trinajstić information content (AvgIpc) is 3.40. The molecule has 1 fully saturated rings. The van der Waals surface area contributed by atoms with Gasteiger partial charge in [0.15, 0.2) is 11.5 Å². The number of urea groups is 1. The highest BCUT2D eigenvalue weighted by molar-refractivity contribution is 6.30. The number of nitrogens with one attached hydrogen (secondary N) is 2. The van der Waals surface area contributed by atoms with Crippen molar-refractivity contribution in [3.63, 3.8) is 0 Å². The summed E-state index contributed by atoms with van der Waals surface area (Å²) in [5.74, 6) is 1.96. The number of aromatic nitrogens is 1. The highest BCUT2D eigenvalue weighted by Gasteiger charge is 2.28. The maximum Gasteiger partial charge on any atom is 0.319 e. The van der Waals surface area contributed by atoms with Gasteiger partial charge >= 0.3 is 6.03 Å². The SMILES string of the molecule is O=C(NCCOc1ccc(Cl)cc1)Nc1ccc2oc(C3CC3)nc2c1. The van der Waals surface area contributed by atoms with Crippen LogP contribution >= 0.6 is 11.6 Å². The lowest BCUT2D eigenvalue weighted by Gasteiger charge is -2.09. The highest BCUT2D eigenvalue weighted by atomic mass is 35.5. The number of carbonyl (C=O) groups is 1. The summed E-state index contributed by atoms with van der Waals surface area (Å²) in [4.78, 5) is 16.5. The van der Waals surface area contributed by atoms with Crippen LogP contribution in [0, 0.1) is 0 Å². The van der Waals surface area contributed by atoms with E-state index in [1.54, 1.807) is 30.3 Å². The second kappa shape index (κ2) is 7.25. The van der Waals surface area contributed by atoms with E-state index in [1.807, 2.05) is 12.1 Å². The minimum absolute atomic E-state index is 0.296. The van der Waals surface area contributed by atoms with Crippen LogP contribution in [-0.2, 0) is 0 Å². The summed E-state index contributed by atoms with van der Waals surface area (Å²) in [6.45, 7) is 0.745. The first kappa shape index (κ1) is 16.7. The molecule has 0 bridgehead atoms. The number of rotatable bonds is 6. The van der Waals surface area contributed by atoms with Crippen LogP contribution in [0.5, 0.6) is 5.75 Å². The molecule has 1 saturated carbocycles. The third kappa shape index (κ3) is 4.08. The van der Waals surface area contributed by atoms with Gasteiger partial charge in [0.05, 0.1) is 6.54 Å². The third-order valence-corrected chi connectivity index (χ3v) is 4.31. The lowest BCUT2D eigenvalue weighted by atomic mass is 10.3. The maximum atomic E-state index is 12.0. The minimum atomic E-state index is -0.296. The predicted molar refractivity (Wildman–Crippen MR) is 100.0 cm³/mol. The Balaban J connectivity index is 1.26. The topological polar surface area (TPSA) is 76.4 Å². The Kier molecular flexibility index (Phi) is 4.67. The number of hydrogen-bond donors (Lipinski definition) is 2. The van der Waals surface area contributed by atoms with Crippen molar-refractivity contribution < 1.29 is 13.9 Å². The number of anilines is 1. The Bertz CT molecular complexity index is 919. The molecule has 2 amide bonds. The van der Waals surface area contributed by atoms with Crippen molar-refractivity contribution in [2.24, 2.45) is 0 Å². The summed E-state index contributed by atoms with van der Waals surface area (Å²) >= 11 is 5.82. The molecule has 3 aromatic rings. The number of oxazole rings is 1. The van der Waals surface area contributed by atoms with Gasteiger partial charge in [-0.15, -0.1) is 0 Å². The molecule has 0 atom stereocenters.